The van der Waals surface area contributed by atoms with E-state index < -0.39 is 21.8 Å². The van der Waals surface area contributed by atoms with Crippen LogP contribution in [0, 0.1) is 5.82 Å². The molecule has 1 aliphatic carbocycles. The lowest BCUT2D eigenvalue weighted by Crippen LogP contribution is -2.22. The van der Waals surface area contributed by atoms with Crippen LogP contribution in [0.1, 0.15) is 17.5 Å². The fraction of sp³-hybridized carbons (Fsp3) is 0.286. The number of ether oxygens (including phenoxy) is 2. The lowest BCUT2D eigenvalue weighted by Gasteiger charge is -2.26. The number of urea groups is 1. The SMILES string of the molecule is COc1cc(-c2c(F)cc3c(c2NC(=O)N=S(N)(=O)c2cnn4c2OCCC4)CC3)ccn1. The Bertz CT molecular complexity index is 1400. The molecule has 0 radical (unpaired) electrons. The van der Waals surface area contributed by atoms with E-state index in [0.29, 0.717) is 37.4 Å². The number of aromatic nitrogens is 3. The van der Waals surface area contributed by atoms with Crippen LogP contribution in [0.3, 0.4) is 0 Å². The van der Waals surface area contributed by atoms with Crippen LogP contribution in [-0.2, 0) is 29.3 Å². The molecule has 0 saturated heterocycles. The summed E-state index contributed by atoms with van der Waals surface area (Å²) in [5.41, 5.74) is 2.49. The van der Waals surface area contributed by atoms with Crippen molar-refractivity contribution in [2.75, 3.05) is 19.0 Å². The molecular formula is C21H21FN6O4S. The van der Waals surface area contributed by atoms with Gasteiger partial charge in [0.15, 0.2) is 9.92 Å². The molecule has 1 atom stereocenters. The predicted molar refractivity (Wildman–Crippen MR) is 118 cm³/mol. The smallest absolute Gasteiger partial charge is 0.354 e. The number of hydrogen-bond acceptors (Lipinski definition) is 6. The summed E-state index contributed by atoms with van der Waals surface area (Å²) in [6.45, 7) is 1.01. The van der Waals surface area contributed by atoms with Crippen LogP contribution < -0.4 is 19.9 Å². The van der Waals surface area contributed by atoms with E-state index in [1.54, 1.807) is 12.1 Å². The summed E-state index contributed by atoms with van der Waals surface area (Å²) >= 11 is 0. The number of aryl methyl sites for hydroxylation is 2. The molecule has 1 aliphatic heterocycles. The number of pyridine rings is 1. The van der Waals surface area contributed by atoms with Crippen LogP contribution >= 0.6 is 0 Å². The number of halogens is 1. The van der Waals surface area contributed by atoms with Gasteiger partial charge in [0.2, 0.25) is 11.8 Å². The van der Waals surface area contributed by atoms with Crippen LogP contribution in [0.4, 0.5) is 14.9 Å². The second-order valence-corrected chi connectivity index (χ2v) is 9.42. The van der Waals surface area contributed by atoms with Crippen molar-refractivity contribution >= 4 is 21.6 Å². The quantitative estimate of drug-likeness (QED) is 0.600. The van der Waals surface area contributed by atoms with Gasteiger partial charge in [0.1, 0.15) is 10.7 Å². The van der Waals surface area contributed by atoms with E-state index in [2.05, 4.69) is 19.8 Å². The van der Waals surface area contributed by atoms with E-state index in [9.17, 15) is 9.00 Å². The van der Waals surface area contributed by atoms with Gasteiger partial charge in [-0.15, -0.1) is 4.36 Å². The van der Waals surface area contributed by atoms with Gasteiger partial charge in [-0.2, -0.15) is 5.10 Å². The summed E-state index contributed by atoms with van der Waals surface area (Å²) in [5, 5.41) is 12.6. The molecule has 33 heavy (non-hydrogen) atoms. The molecule has 1 unspecified atom stereocenters. The summed E-state index contributed by atoms with van der Waals surface area (Å²) in [5.74, 6) is 0.0295. The van der Waals surface area contributed by atoms with Gasteiger partial charge in [-0.25, -0.2) is 28.2 Å². The van der Waals surface area contributed by atoms with Gasteiger partial charge in [-0.05, 0) is 41.7 Å². The van der Waals surface area contributed by atoms with Crippen LogP contribution in [0.2, 0.25) is 0 Å². The van der Waals surface area contributed by atoms with Gasteiger partial charge >= 0.3 is 6.03 Å². The molecule has 0 saturated carbocycles. The van der Waals surface area contributed by atoms with Gasteiger partial charge in [0.25, 0.3) is 0 Å². The molecule has 3 aromatic rings. The Morgan fingerprint density at radius 1 is 1.39 bits per heavy atom. The molecule has 2 aliphatic rings. The second-order valence-electron chi connectivity index (χ2n) is 7.66. The molecule has 0 spiro atoms. The van der Waals surface area contributed by atoms with E-state index in [1.165, 1.54) is 30.3 Å². The van der Waals surface area contributed by atoms with E-state index in [1.807, 2.05) is 0 Å². The molecule has 3 N–H and O–H groups in total. The molecule has 0 fully saturated rings. The highest BCUT2D eigenvalue weighted by Gasteiger charge is 2.28. The molecule has 2 aromatic heterocycles. The highest BCUT2D eigenvalue weighted by Crippen LogP contribution is 2.41. The van der Waals surface area contributed by atoms with Crippen molar-refractivity contribution in [3.8, 4) is 22.9 Å². The Kier molecular flexibility index (Phi) is 5.25. The predicted octanol–water partition coefficient (Wildman–Crippen LogP) is 2.91. The molecule has 2 amide bonds. The van der Waals surface area contributed by atoms with Crippen molar-refractivity contribution < 1.29 is 22.9 Å². The molecule has 3 heterocycles. The Morgan fingerprint density at radius 3 is 3.00 bits per heavy atom. The number of nitrogens with one attached hydrogen (secondary N) is 1. The zero-order chi connectivity index (χ0) is 23.2. The highest BCUT2D eigenvalue weighted by molar-refractivity contribution is 7.91. The fourth-order valence-corrected chi connectivity index (χ4v) is 4.98. The number of rotatable bonds is 4. The monoisotopic (exact) mass is 472 g/mol. The van der Waals surface area contributed by atoms with Crippen molar-refractivity contribution in [3.05, 3.63) is 47.5 Å². The van der Waals surface area contributed by atoms with E-state index in [4.69, 9.17) is 14.6 Å². The summed E-state index contributed by atoms with van der Waals surface area (Å²) < 4.78 is 44.1. The topological polar surface area (TPSA) is 134 Å². The third-order valence-corrected chi connectivity index (χ3v) is 6.98. The molecule has 10 nitrogen and oxygen atoms in total. The standard InChI is InChI=1S/C21H21FN6O4S/c1-31-17-10-13(5-6-24-17)18-15(22)9-12-3-4-14(12)19(18)26-21(29)27-33(23,30)16-11-25-28-7-2-8-32-20(16)28/h5-6,9-11H,2-4,7-8H2,1H3,(H3,23,26,27,29,30). The number of fused-ring (bicyclic) bond motifs is 2. The first-order valence-electron chi connectivity index (χ1n) is 10.3. The van der Waals surface area contributed by atoms with Crippen molar-refractivity contribution in [1.29, 1.82) is 0 Å². The molecule has 172 valence electrons. The highest BCUT2D eigenvalue weighted by atomic mass is 32.2. The minimum absolute atomic E-state index is 0.0451. The molecular weight excluding hydrogens is 451 g/mol. The number of carbonyl (C=O) groups excluding carboxylic acids is 1. The van der Waals surface area contributed by atoms with E-state index in [-0.39, 0.29) is 22.0 Å². The van der Waals surface area contributed by atoms with Gasteiger partial charge in [-0.3, -0.25) is 0 Å². The van der Waals surface area contributed by atoms with Crippen molar-refractivity contribution in [2.45, 2.75) is 30.7 Å². The first-order valence-corrected chi connectivity index (χ1v) is 11.8. The van der Waals surface area contributed by atoms with Crippen LogP contribution in [0.25, 0.3) is 11.1 Å². The van der Waals surface area contributed by atoms with Gasteiger partial charge in [0.05, 0.1) is 25.6 Å². The minimum Gasteiger partial charge on any atom is -0.481 e. The summed E-state index contributed by atoms with van der Waals surface area (Å²) in [7, 11) is -2.19. The number of anilines is 1. The largest absolute Gasteiger partial charge is 0.481 e. The Balaban J connectivity index is 1.54. The molecule has 1 aromatic carbocycles. The number of carbonyl (C=O) groups is 1. The number of benzene rings is 1. The Hall–Kier alpha value is -3.51. The summed E-state index contributed by atoms with van der Waals surface area (Å²) in [4.78, 5) is 16.9. The molecule has 5 rings (SSSR count). The maximum atomic E-state index is 15.1. The van der Waals surface area contributed by atoms with Crippen LogP contribution in [0.15, 0.2) is 39.9 Å². The average Bonchev–Trinajstić information content (AvgIpc) is 3.21. The number of hydrogen-bond donors (Lipinski definition) is 2. The van der Waals surface area contributed by atoms with Crippen molar-refractivity contribution in [2.24, 2.45) is 9.50 Å². The number of amides is 2. The first kappa shape index (κ1) is 21.3. The van der Waals surface area contributed by atoms with Gasteiger partial charge in [-0.1, -0.05) is 0 Å². The maximum Gasteiger partial charge on any atom is 0.354 e. The molecule has 12 heteroatoms. The van der Waals surface area contributed by atoms with Gasteiger partial charge < -0.3 is 14.8 Å². The van der Waals surface area contributed by atoms with E-state index in [0.717, 1.165) is 17.5 Å². The maximum absolute atomic E-state index is 15.1. The van der Waals surface area contributed by atoms with E-state index >= 15 is 4.39 Å². The fourth-order valence-electron chi connectivity index (χ4n) is 3.98. The zero-order valence-electron chi connectivity index (χ0n) is 17.7. The van der Waals surface area contributed by atoms with Crippen LogP contribution in [0.5, 0.6) is 11.8 Å². The molecule has 0 bridgehead atoms. The van der Waals surface area contributed by atoms with Crippen molar-refractivity contribution in [3.63, 3.8) is 0 Å². The van der Waals surface area contributed by atoms with Gasteiger partial charge in [0, 0.05) is 30.8 Å². The average molecular weight is 473 g/mol. The lowest BCUT2D eigenvalue weighted by molar-refractivity contribution is 0.224. The lowest BCUT2D eigenvalue weighted by atomic mass is 9.83. The Labute approximate surface area is 189 Å². The number of methoxy groups -OCH3 is 1. The first-order chi connectivity index (χ1) is 15.9. The van der Waals surface area contributed by atoms with Crippen molar-refractivity contribution in [1.82, 2.24) is 14.8 Å². The summed E-state index contributed by atoms with van der Waals surface area (Å²) in [6.07, 6.45) is 4.88. The Morgan fingerprint density at radius 2 is 2.24 bits per heavy atom. The third-order valence-electron chi connectivity index (χ3n) is 5.63. The summed E-state index contributed by atoms with van der Waals surface area (Å²) in [6, 6.07) is 3.68. The number of nitrogens with zero attached hydrogens (tertiary/aromatic N) is 4. The zero-order valence-corrected chi connectivity index (χ0v) is 18.5. The third kappa shape index (κ3) is 3.80. The minimum atomic E-state index is -3.65. The normalized spacial score (nSPS) is 15.8. The number of nitrogens with two attached hydrogens (primary N) is 1. The van der Waals surface area contributed by atoms with Crippen LogP contribution in [-0.4, -0.2) is 38.7 Å². The second kappa shape index (κ2) is 8.12.